The van der Waals surface area contributed by atoms with Crippen LogP contribution < -0.4 is 5.32 Å². The first-order valence-electron chi connectivity index (χ1n) is 7.02. The van der Waals surface area contributed by atoms with Gasteiger partial charge in [-0.2, -0.15) is 11.3 Å². The second-order valence-corrected chi connectivity index (χ2v) is 6.96. The fourth-order valence-corrected chi connectivity index (χ4v) is 4.02. The smallest absolute Gasteiger partial charge is 0.256 e. The topological polar surface area (TPSA) is 75.4 Å². The number of amides is 1. The van der Waals surface area contributed by atoms with Crippen LogP contribution in [0, 0.1) is 13.8 Å². The summed E-state index contributed by atoms with van der Waals surface area (Å²) in [7, 11) is 0. The number of hydrogen-bond acceptors (Lipinski definition) is 6. The lowest BCUT2D eigenvalue weighted by Crippen LogP contribution is -2.41. The van der Waals surface area contributed by atoms with Gasteiger partial charge in [0, 0.05) is 10.4 Å². The first-order valence-corrected chi connectivity index (χ1v) is 8.84. The van der Waals surface area contributed by atoms with Gasteiger partial charge < -0.3 is 14.9 Å². The van der Waals surface area contributed by atoms with E-state index in [9.17, 15) is 9.90 Å². The summed E-state index contributed by atoms with van der Waals surface area (Å²) in [5, 5.41) is 23.5. The molecule has 0 bridgehead atoms. The average Bonchev–Trinajstić information content (AvgIpc) is 3.27. The molecule has 1 atom stereocenters. The van der Waals surface area contributed by atoms with E-state index in [1.165, 1.54) is 22.7 Å². The Morgan fingerprint density at radius 2 is 2.22 bits per heavy atom. The lowest BCUT2D eigenvalue weighted by Gasteiger charge is -2.27. The third-order valence-corrected chi connectivity index (χ3v) is 5.40. The highest BCUT2D eigenvalue weighted by atomic mass is 32.1. The maximum absolute atomic E-state index is 12.4. The summed E-state index contributed by atoms with van der Waals surface area (Å²) >= 11 is 2.96. The van der Waals surface area contributed by atoms with Crippen LogP contribution in [0.15, 0.2) is 38.9 Å². The van der Waals surface area contributed by atoms with Gasteiger partial charge >= 0.3 is 0 Å². The van der Waals surface area contributed by atoms with Crippen molar-refractivity contribution in [3.8, 4) is 0 Å². The standard InChI is InChI=1S/C16H16N2O3S2/c1-10-14(11(2)21-18-10)15(19)17-9-16(20,12-5-7-22-8-12)13-4-3-6-23-13/h3-8,20H,9H2,1-2H3,(H,17,19)/t16-/m0/s1. The van der Waals surface area contributed by atoms with E-state index in [1.54, 1.807) is 13.8 Å². The molecule has 0 fully saturated rings. The van der Waals surface area contributed by atoms with E-state index in [2.05, 4.69) is 10.5 Å². The van der Waals surface area contributed by atoms with Crippen molar-refractivity contribution < 1.29 is 14.4 Å². The lowest BCUT2D eigenvalue weighted by atomic mass is 9.94. The van der Waals surface area contributed by atoms with E-state index < -0.39 is 5.60 Å². The Kier molecular flexibility index (Phi) is 4.34. The molecule has 5 nitrogen and oxygen atoms in total. The zero-order valence-electron chi connectivity index (χ0n) is 12.7. The molecule has 0 saturated carbocycles. The summed E-state index contributed by atoms with van der Waals surface area (Å²) in [6.07, 6.45) is 0. The highest BCUT2D eigenvalue weighted by Gasteiger charge is 2.34. The molecule has 120 valence electrons. The summed E-state index contributed by atoms with van der Waals surface area (Å²) in [6, 6.07) is 5.62. The molecule has 0 aliphatic heterocycles. The van der Waals surface area contributed by atoms with Crippen LogP contribution in [0.4, 0.5) is 0 Å². The van der Waals surface area contributed by atoms with Crippen LogP contribution in [-0.4, -0.2) is 22.7 Å². The number of carbonyl (C=O) groups is 1. The Balaban J connectivity index is 1.85. The van der Waals surface area contributed by atoms with Gasteiger partial charge in [0.25, 0.3) is 5.91 Å². The summed E-state index contributed by atoms with van der Waals surface area (Å²) in [4.78, 5) is 13.2. The van der Waals surface area contributed by atoms with Crippen molar-refractivity contribution >= 4 is 28.6 Å². The van der Waals surface area contributed by atoms with Gasteiger partial charge in [-0.1, -0.05) is 11.2 Å². The molecule has 3 rings (SSSR count). The molecule has 0 aliphatic carbocycles. The van der Waals surface area contributed by atoms with Crippen molar-refractivity contribution in [2.75, 3.05) is 6.54 Å². The molecule has 3 aromatic heterocycles. The molecule has 0 radical (unpaired) electrons. The van der Waals surface area contributed by atoms with Crippen LogP contribution in [-0.2, 0) is 5.60 Å². The van der Waals surface area contributed by atoms with Crippen molar-refractivity contribution in [1.82, 2.24) is 10.5 Å². The molecule has 23 heavy (non-hydrogen) atoms. The van der Waals surface area contributed by atoms with Crippen LogP contribution in [0.5, 0.6) is 0 Å². The quantitative estimate of drug-likeness (QED) is 0.743. The summed E-state index contributed by atoms with van der Waals surface area (Å²) in [6.45, 7) is 3.49. The van der Waals surface area contributed by atoms with E-state index in [0.29, 0.717) is 17.0 Å². The minimum absolute atomic E-state index is 0.0765. The van der Waals surface area contributed by atoms with Crippen molar-refractivity contribution in [3.63, 3.8) is 0 Å². The van der Waals surface area contributed by atoms with Crippen LogP contribution in [0.3, 0.4) is 0 Å². The van der Waals surface area contributed by atoms with E-state index in [1.807, 2.05) is 34.3 Å². The van der Waals surface area contributed by atoms with E-state index in [0.717, 1.165) is 10.4 Å². The zero-order valence-corrected chi connectivity index (χ0v) is 14.3. The predicted octanol–water partition coefficient (Wildman–Crippen LogP) is 3.08. The largest absolute Gasteiger partial charge is 0.378 e. The van der Waals surface area contributed by atoms with E-state index in [-0.39, 0.29) is 12.5 Å². The Morgan fingerprint density at radius 3 is 2.78 bits per heavy atom. The maximum Gasteiger partial charge on any atom is 0.256 e. The summed E-state index contributed by atoms with van der Waals surface area (Å²) in [5.74, 6) is 0.168. The number of thiophene rings is 2. The van der Waals surface area contributed by atoms with Crippen LogP contribution >= 0.6 is 22.7 Å². The Hall–Kier alpha value is -1.96. The maximum atomic E-state index is 12.4. The van der Waals surface area contributed by atoms with E-state index >= 15 is 0 Å². The lowest BCUT2D eigenvalue weighted by molar-refractivity contribution is 0.0719. The highest BCUT2D eigenvalue weighted by Crippen LogP contribution is 2.33. The molecule has 0 unspecified atom stereocenters. The van der Waals surface area contributed by atoms with Gasteiger partial charge in [-0.05, 0) is 42.1 Å². The van der Waals surface area contributed by atoms with Gasteiger partial charge in [-0.25, -0.2) is 0 Å². The summed E-state index contributed by atoms with van der Waals surface area (Å²) < 4.78 is 5.02. The first-order chi connectivity index (χ1) is 11.0. The van der Waals surface area contributed by atoms with Gasteiger partial charge in [0.05, 0.1) is 12.2 Å². The van der Waals surface area contributed by atoms with Crippen LogP contribution in [0.25, 0.3) is 0 Å². The number of aliphatic hydroxyl groups is 1. The average molecular weight is 348 g/mol. The second kappa shape index (κ2) is 6.27. The molecular formula is C16H16N2O3S2. The molecular weight excluding hydrogens is 332 g/mol. The summed E-state index contributed by atoms with van der Waals surface area (Å²) in [5.41, 5.74) is 0.478. The van der Waals surface area contributed by atoms with Gasteiger partial charge in [-0.15, -0.1) is 11.3 Å². The molecule has 2 N–H and O–H groups in total. The van der Waals surface area contributed by atoms with Crippen LogP contribution in [0.1, 0.15) is 32.3 Å². The molecule has 3 heterocycles. The Labute approximate surface area is 141 Å². The third-order valence-electron chi connectivity index (χ3n) is 3.69. The minimum atomic E-state index is -1.25. The van der Waals surface area contributed by atoms with Gasteiger partial charge in [0.15, 0.2) is 0 Å². The monoisotopic (exact) mass is 348 g/mol. The SMILES string of the molecule is Cc1noc(C)c1C(=O)NC[C@](O)(c1ccsc1)c1cccs1. The predicted molar refractivity (Wildman–Crippen MR) is 89.9 cm³/mol. The van der Waals surface area contributed by atoms with Crippen molar-refractivity contribution in [3.05, 3.63) is 61.8 Å². The number of carbonyl (C=O) groups excluding carboxylic acids is 1. The molecule has 0 aromatic carbocycles. The van der Waals surface area contributed by atoms with Gasteiger partial charge in [0.1, 0.15) is 16.9 Å². The van der Waals surface area contributed by atoms with Crippen molar-refractivity contribution in [1.29, 1.82) is 0 Å². The number of aromatic nitrogens is 1. The zero-order chi connectivity index (χ0) is 16.4. The number of nitrogens with zero attached hydrogens (tertiary/aromatic N) is 1. The molecule has 3 aromatic rings. The Morgan fingerprint density at radius 1 is 1.39 bits per heavy atom. The number of rotatable bonds is 5. The van der Waals surface area contributed by atoms with Crippen LogP contribution in [0.2, 0.25) is 0 Å². The molecule has 1 amide bonds. The van der Waals surface area contributed by atoms with Crippen molar-refractivity contribution in [2.45, 2.75) is 19.4 Å². The van der Waals surface area contributed by atoms with Gasteiger partial charge in [-0.3, -0.25) is 4.79 Å². The number of nitrogens with one attached hydrogen (secondary N) is 1. The second-order valence-electron chi connectivity index (χ2n) is 5.23. The molecule has 0 saturated heterocycles. The van der Waals surface area contributed by atoms with Crippen molar-refractivity contribution in [2.24, 2.45) is 0 Å². The van der Waals surface area contributed by atoms with E-state index in [4.69, 9.17) is 4.52 Å². The Bertz CT molecular complexity index is 738. The third kappa shape index (κ3) is 2.95. The molecule has 0 spiro atoms. The fraction of sp³-hybridized carbons (Fsp3) is 0.250. The fourth-order valence-electron chi connectivity index (χ4n) is 2.45. The molecule has 0 aliphatic rings. The molecule has 7 heteroatoms. The normalized spacial score (nSPS) is 13.7. The number of hydrogen-bond donors (Lipinski definition) is 2. The first kappa shape index (κ1) is 15.9. The number of aryl methyl sites for hydroxylation is 2. The minimum Gasteiger partial charge on any atom is -0.378 e. The highest BCUT2D eigenvalue weighted by molar-refractivity contribution is 7.10. The van der Waals surface area contributed by atoms with Gasteiger partial charge in [0.2, 0.25) is 0 Å².